The maximum atomic E-state index is 13.2. The molecular formula is C29H28N4O3S2. The molecule has 7 nitrogen and oxygen atoms in total. The summed E-state index contributed by atoms with van der Waals surface area (Å²) < 4.78 is 1.68. The molecular weight excluding hydrogens is 516 g/mol. The number of amides is 3. The fourth-order valence-corrected chi connectivity index (χ4v) is 6.31. The van der Waals surface area contributed by atoms with E-state index in [1.54, 1.807) is 30.3 Å². The van der Waals surface area contributed by atoms with Gasteiger partial charge in [0.15, 0.2) is 4.34 Å². The first-order valence-electron chi connectivity index (χ1n) is 12.6. The predicted molar refractivity (Wildman–Crippen MR) is 154 cm³/mol. The van der Waals surface area contributed by atoms with Gasteiger partial charge in [-0.25, -0.2) is 4.98 Å². The Morgan fingerprint density at radius 2 is 1.66 bits per heavy atom. The second-order valence-electron chi connectivity index (χ2n) is 9.17. The molecule has 3 aromatic carbocycles. The molecule has 194 valence electrons. The molecule has 1 aliphatic heterocycles. The first-order chi connectivity index (χ1) is 18.5. The van der Waals surface area contributed by atoms with Crippen molar-refractivity contribution >= 4 is 62.4 Å². The van der Waals surface area contributed by atoms with Crippen LogP contribution in [0.1, 0.15) is 45.5 Å². The third-order valence-corrected chi connectivity index (χ3v) is 8.58. The molecule has 5 rings (SSSR count). The monoisotopic (exact) mass is 544 g/mol. The molecule has 0 radical (unpaired) electrons. The smallest absolute Gasteiger partial charge is 0.256 e. The van der Waals surface area contributed by atoms with Crippen molar-refractivity contribution in [1.29, 1.82) is 0 Å². The van der Waals surface area contributed by atoms with Crippen molar-refractivity contribution in [3.8, 4) is 0 Å². The largest absolute Gasteiger partial charge is 0.339 e. The van der Waals surface area contributed by atoms with Crippen LogP contribution >= 0.6 is 23.1 Å². The molecule has 38 heavy (non-hydrogen) atoms. The van der Waals surface area contributed by atoms with Gasteiger partial charge in [0.25, 0.3) is 11.8 Å². The molecule has 0 spiro atoms. The van der Waals surface area contributed by atoms with Crippen LogP contribution in [-0.2, 0) is 4.79 Å². The molecule has 1 aromatic heterocycles. The Morgan fingerprint density at radius 1 is 0.921 bits per heavy atom. The van der Waals surface area contributed by atoms with Crippen molar-refractivity contribution in [2.75, 3.05) is 29.5 Å². The maximum absolute atomic E-state index is 13.2. The van der Waals surface area contributed by atoms with E-state index in [2.05, 4.69) is 15.6 Å². The average molecular weight is 545 g/mol. The van der Waals surface area contributed by atoms with Gasteiger partial charge in [-0.2, -0.15) is 0 Å². The summed E-state index contributed by atoms with van der Waals surface area (Å²) in [5.41, 5.74) is 4.04. The third kappa shape index (κ3) is 6.06. The van der Waals surface area contributed by atoms with Gasteiger partial charge in [0.1, 0.15) is 0 Å². The number of rotatable bonds is 7. The second-order valence-corrected chi connectivity index (χ2v) is 11.4. The van der Waals surface area contributed by atoms with E-state index in [0.717, 1.165) is 58.2 Å². The average Bonchev–Trinajstić information content (AvgIpc) is 3.35. The summed E-state index contributed by atoms with van der Waals surface area (Å²) in [7, 11) is 0. The summed E-state index contributed by atoms with van der Waals surface area (Å²) in [5, 5.41) is 5.88. The molecule has 1 aliphatic rings. The number of thioether (sulfide) groups is 1. The zero-order valence-electron chi connectivity index (χ0n) is 21.0. The summed E-state index contributed by atoms with van der Waals surface area (Å²) in [6.45, 7) is 3.41. The number of nitrogens with zero attached hydrogens (tertiary/aromatic N) is 2. The number of para-hydroxylation sites is 1. The Kier molecular flexibility index (Phi) is 8.05. The van der Waals surface area contributed by atoms with Crippen LogP contribution in [0, 0.1) is 6.92 Å². The molecule has 0 saturated carbocycles. The highest BCUT2D eigenvalue weighted by Crippen LogP contribution is 2.31. The van der Waals surface area contributed by atoms with Crippen LogP contribution in [0.4, 0.5) is 11.4 Å². The third-order valence-electron chi connectivity index (χ3n) is 6.42. The fourth-order valence-electron chi connectivity index (χ4n) is 4.40. The first-order valence-corrected chi connectivity index (χ1v) is 14.4. The van der Waals surface area contributed by atoms with E-state index in [0.29, 0.717) is 16.8 Å². The molecule has 1 saturated heterocycles. The molecule has 9 heteroatoms. The van der Waals surface area contributed by atoms with Crippen molar-refractivity contribution < 1.29 is 14.4 Å². The van der Waals surface area contributed by atoms with Crippen LogP contribution in [0.3, 0.4) is 0 Å². The number of hydrogen-bond acceptors (Lipinski definition) is 6. The van der Waals surface area contributed by atoms with E-state index < -0.39 is 0 Å². The van der Waals surface area contributed by atoms with Crippen molar-refractivity contribution in [3.63, 3.8) is 0 Å². The van der Waals surface area contributed by atoms with Crippen LogP contribution in [0.5, 0.6) is 0 Å². The van der Waals surface area contributed by atoms with E-state index in [9.17, 15) is 14.4 Å². The lowest BCUT2D eigenvalue weighted by molar-refractivity contribution is -0.113. The zero-order valence-corrected chi connectivity index (χ0v) is 22.7. The van der Waals surface area contributed by atoms with Crippen molar-refractivity contribution in [1.82, 2.24) is 9.88 Å². The molecule has 2 N–H and O–H groups in total. The lowest BCUT2D eigenvalue weighted by atomic mass is 10.0. The van der Waals surface area contributed by atoms with Crippen LogP contribution in [0.2, 0.25) is 0 Å². The standard InChI is InChI=1S/C29H28N4O3S2/c1-19-9-3-6-12-23(19)31-26(34)18-37-29-32-24-14-13-20(17-25(24)38-29)30-27(35)21-10-4-5-11-22(21)28(36)33-15-7-2-8-16-33/h3-6,9-14,17H,2,7-8,15-16,18H2,1H3,(H,30,35)(H,31,34). The number of anilines is 2. The van der Waals surface area contributed by atoms with Gasteiger partial charge in [-0.05, 0) is 68.1 Å². The summed E-state index contributed by atoms with van der Waals surface area (Å²) in [4.78, 5) is 45.1. The van der Waals surface area contributed by atoms with Crippen molar-refractivity contribution in [2.45, 2.75) is 30.5 Å². The molecule has 0 bridgehead atoms. The topological polar surface area (TPSA) is 91.4 Å². The van der Waals surface area contributed by atoms with Crippen molar-refractivity contribution in [3.05, 3.63) is 83.4 Å². The number of nitrogens with one attached hydrogen (secondary N) is 2. The molecule has 4 aromatic rings. The van der Waals surface area contributed by atoms with Gasteiger partial charge >= 0.3 is 0 Å². The van der Waals surface area contributed by atoms with Crippen LogP contribution in [0.15, 0.2) is 71.1 Å². The summed E-state index contributed by atoms with van der Waals surface area (Å²) in [6, 6.07) is 20.2. The number of piperidine rings is 1. The van der Waals surface area contributed by atoms with Crippen LogP contribution in [0.25, 0.3) is 10.2 Å². The number of thiazole rings is 1. The SMILES string of the molecule is Cc1ccccc1NC(=O)CSc1nc2ccc(NC(=O)c3ccccc3C(=O)N3CCCCC3)cc2s1. The van der Waals surface area contributed by atoms with Gasteiger partial charge < -0.3 is 15.5 Å². The minimum absolute atomic E-state index is 0.0886. The number of likely N-dealkylation sites (tertiary alicyclic amines) is 1. The molecule has 0 unspecified atom stereocenters. The molecule has 2 heterocycles. The predicted octanol–water partition coefficient (Wildman–Crippen LogP) is 6.21. The lowest BCUT2D eigenvalue weighted by Crippen LogP contribution is -2.36. The van der Waals surface area contributed by atoms with Gasteiger partial charge in [0.05, 0.1) is 27.1 Å². The van der Waals surface area contributed by atoms with E-state index in [1.807, 2.05) is 48.2 Å². The highest BCUT2D eigenvalue weighted by Gasteiger charge is 2.23. The van der Waals surface area contributed by atoms with Gasteiger partial charge in [-0.3, -0.25) is 14.4 Å². The number of fused-ring (bicyclic) bond motifs is 1. The number of aryl methyl sites for hydroxylation is 1. The number of carbonyl (C=O) groups is 3. The molecule has 0 aliphatic carbocycles. The number of aromatic nitrogens is 1. The first kappa shape index (κ1) is 25.9. The number of carbonyl (C=O) groups excluding carboxylic acids is 3. The summed E-state index contributed by atoms with van der Waals surface area (Å²) in [6.07, 6.45) is 3.12. The Morgan fingerprint density at radius 3 is 2.45 bits per heavy atom. The molecule has 3 amide bonds. The fraction of sp³-hybridized carbons (Fsp3) is 0.241. The number of hydrogen-bond donors (Lipinski definition) is 2. The molecule has 0 atom stereocenters. The van der Waals surface area contributed by atoms with Gasteiger partial charge in [0, 0.05) is 24.5 Å². The zero-order chi connectivity index (χ0) is 26.5. The molecule has 1 fully saturated rings. The minimum atomic E-state index is -0.322. The van der Waals surface area contributed by atoms with Crippen LogP contribution in [-0.4, -0.2) is 46.4 Å². The van der Waals surface area contributed by atoms with E-state index in [-0.39, 0.29) is 23.5 Å². The number of benzene rings is 3. The quantitative estimate of drug-likeness (QED) is 0.270. The van der Waals surface area contributed by atoms with Gasteiger partial charge in [-0.1, -0.05) is 42.1 Å². The lowest BCUT2D eigenvalue weighted by Gasteiger charge is -2.27. The Balaban J connectivity index is 1.24. The highest BCUT2D eigenvalue weighted by molar-refractivity contribution is 8.01. The Hall–Kier alpha value is -3.69. The normalized spacial score (nSPS) is 13.3. The van der Waals surface area contributed by atoms with Crippen LogP contribution < -0.4 is 10.6 Å². The summed E-state index contributed by atoms with van der Waals surface area (Å²) >= 11 is 2.85. The second kappa shape index (κ2) is 11.8. The van der Waals surface area contributed by atoms with Crippen molar-refractivity contribution in [2.24, 2.45) is 0 Å². The highest BCUT2D eigenvalue weighted by atomic mass is 32.2. The Bertz CT molecular complexity index is 1490. The minimum Gasteiger partial charge on any atom is -0.339 e. The summed E-state index contributed by atoms with van der Waals surface area (Å²) in [5.74, 6) is -0.257. The van der Waals surface area contributed by atoms with Gasteiger partial charge in [-0.15, -0.1) is 11.3 Å². The van der Waals surface area contributed by atoms with E-state index >= 15 is 0 Å². The maximum Gasteiger partial charge on any atom is 0.256 e. The Labute approximate surface area is 229 Å². The van der Waals surface area contributed by atoms with E-state index in [4.69, 9.17) is 0 Å². The van der Waals surface area contributed by atoms with E-state index in [1.165, 1.54) is 23.1 Å². The van der Waals surface area contributed by atoms with Gasteiger partial charge in [0.2, 0.25) is 5.91 Å².